The Kier molecular flexibility index (Phi) is 3.97. The molecule has 0 aliphatic rings. The number of nitriles is 1. The van der Waals surface area contributed by atoms with Crippen LogP contribution >= 0.6 is 22.6 Å². The summed E-state index contributed by atoms with van der Waals surface area (Å²) in [5.41, 5.74) is 1.27. The lowest BCUT2D eigenvalue weighted by atomic mass is 10.1. The number of hydrogen-bond acceptors (Lipinski definition) is 4. The van der Waals surface area contributed by atoms with Crippen molar-refractivity contribution in [2.45, 2.75) is 0 Å². The molecule has 0 spiro atoms. The maximum absolute atomic E-state index is 10.9. The van der Waals surface area contributed by atoms with E-state index in [1.165, 1.54) is 12.1 Å². The summed E-state index contributed by atoms with van der Waals surface area (Å²) >= 11 is 2.19. The smallest absolute Gasteiger partial charge is 0.289 e. The summed E-state index contributed by atoms with van der Waals surface area (Å²) in [7, 11) is 0. The highest BCUT2D eigenvalue weighted by Crippen LogP contribution is 2.25. The van der Waals surface area contributed by atoms with Crippen molar-refractivity contribution < 1.29 is 4.92 Å². The van der Waals surface area contributed by atoms with E-state index in [2.05, 4.69) is 27.9 Å². The van der Waals surface area contributed by atoms with Crippen LogP contribution < -0.4 is 5.32 Å². The molecule has 0 fully saturated rings. The van der Waals surface area contributed by atoms with Gasteiger partial charge in [0, 0.05) is 21.0 Å². The van der Waals surface area contributed by atoms with Crippen LogP contribution in [0, 0.1) is 25.0 Å². The SMILES string of the molecule is N#Cc1ccc(Nc2cccc(I)c2)cc1[N+](=O)[O-]. The number of anilines is 2. The highest BCUT2D eigenvalue weighted by Gasteiger charge is 2.14. The molecule has 94 valence electrons. The molecule has 0 saturated heterocycles. The highest BCUT2D eigenvalue weighted by molar-refractivity contribution is 14.1. The van der Waals surface area contributed by atoms with Crippen LogP contribution in [-0.2, 0) is 0 Å². The molecule has 2 rings (SSSR count). The molecule has 2 aromatic rings. The van der Waals surface area contributed by atoms with Gasteiger partial charge in [-0.2, -0.15) is 5.26 Å². The van der Waals surface area contributed by atoms with Gasteiger partial charge in [0.25, 0.3) is 5.69 Å². The monoisotopic (exact) mass is 365 g/mol. The second-order valence-electron chi connectivity index (χ2n) is 3.74. The maximum Gasteiger partial charge on any atom is 0.289 e. The Labute approximate surface area is 123 Å². The number of nitrogens with one attached hydrogen (secondary N) is 1. The van der Waals surface area contributed by atoms with E-state index in [-0.39, 0.29) is 11.3 Å². The molecule has 5 nitrogen and oxygen atoms in total. The molecule has 2 aromatic carbocycles. The predicted octanol–water partition coefficient (Wildman–Crippen LogP) is 3.81. The topological polar surface area (TPSA) is 79.0 Å². The first-order chi connectivity index (χ1) is 9.10. The number of nitrogens with zero attached hydrogens (tertiary/aromatic N) is 2. The fourth-order valence-electron chi connectivity index (χ4n) is 1.59. The zero-order valence-corrected chi connectivity index (χ0v) is 11.8. The fraction of sp³-hybridized carbons (Fsp3) is 0. The van der Waals surface area contributed by atoms with Gasteiger partial charge in [0.1, 0.15) is 11.6 Å². The van der Waals surface area contributed by atoms with Gasteiger partial charge in [-0.15, -0.1) is 0 Å². The normalized spacial score (nSPS) is 9.68. The van der Waals surface area contributed by atoms with Gasteiger partial charge in [0.05, 0.1) is 4.92 Å². The van der Waals surface area contributed by atoms with Gasteiger partial charge in [-0.3, -0.25) is 10.1 Å². The first-order valence-corrected chi connectivity index (χ1v) is 6.39. The second-order valence-corrected chi connectivity index (χ2v) is 4.98. The minimum absolute atomic E-state index is 0.0539. The number of rotatable bonds is 3. The van der Waals surface area contributed by atoms with Crippen molar-refractivity contribution in [2.24, 2.45) is 0 Å². The standard InChI is InChI=1S/C13H8IN3O2/c14-10-2-1-3-11(6-10)16-12-5-4-9(8-15)13(7-12)17(18)19/h1-7,16H. The molecule has 0 atom stereocenters. The number of halogens is 1. The zero-order valence-electron chi connectivity index (χ0n) is 9.63. The fourth-order valence-corrected chi connectivity index (χ4v) is 2.13. The van der Waals surface area contributed by atoms with Crippen LogP contribution in [0.4, 0.5) is 17.1 Å². The van der Waals surface area contributed by atoms with Crippen molar-refractivity contribution in [3.05, 3.63) is 61.7 Å². The third-order valence-electron chi connectivity index (χ3n) is 2.43. The number of hydrogen-bond donors (Lipinski definition) is 1. The van der Waals surface area contributed by atoms with E-state index in [0.717, 1.165) is 9.26 Å². The van der Waals surface area contributed by atoms with E-state index < -0.39 is 4.92 Å². The Hall–Kier alpha value is -2.14. The highest BCUT2D eigenvalue weighted by atomic mass is 127. The van der Waals surface area contributed by atoms with Crippen LogP contribution in [0.1, 0.15) is 5.56 Å². The summed E-state index contributed by atoms with van der Waals surface area (Å²) in [5, 5.41) is 22.7. The predicted molar refractivity (Wildman–Crippen MR) is 80.3 cm³/mol. The van der Waals surface area contributed by atoms with Crippen LogP contribution in [0.3, 0.4) is 0 Å². The van der Waals surface area contributed by atoms with E-state index in [4.69, 9.17) is 5.26 Å². The minimum Gasteiger partial charge on any atom is -0.355 e. The molecule has 0 amide bonds. The van der Waals surface area contributed by atoms with Crippen LogP contribution in [0.5, 0.6) is 0 Å². The van der Waals surface area contributed by atoms with Crippen LogP contribution in [-0.4, -0.2) is 4.92 Å². The zero-order chi connectivity index (χ0) is 13.8. The summed E-state index contributed by atoms with van der Waals surface area (Å²) in [6, 6.07) is 13.9. The third-order valence-corrected chi connectivity index (χ3v) is 3.10. The maximum atomic E-state index is 10.9. The van der Waals surface area contributed by atoms with Gasteiger partial charge >= 0.3 is 0 Å². The Morgan fingerprint density at radius 1 is 1.21 bits per heavy atom. The van der Waals surface area contributed by atoms with Gasteiger partial charge in [0.2, 0.25) is 0 Å². The average molecular weight is 365 g/mol. The molecule has 0 unspecified atom stereocenters. The van der Waals surface area contributed by atoms with Gasteiger partial charge in [-0.05, 0) is 52.9 Å². The average Bonchev–Trinajstić information content (AvgIpc) is 2.38. The summed E-state index contributed by atoms with van der Waals surface area (Å²) in [4.78, 5) is 10.3. The van der Waals surface area contributed by atoms with E-state index >= 15 is 0 Å². The molecule has 6 heteroatoms. The first kappa shape index (κ1) is 13.3. The van der Waals surface area contributed by atoms with Crippen molar-refractivity contribution in [1.29, 1.82) is 5.26 Å². The summed E-state index contributed by atoms with van der Waals surface area (Å²) < 4.78 is 1.06. The largest absolute Gasteiger partial charge is 0.355 e. The molecule has 0 aliphatic carbocycles. The van der Waals surface area contributed by atoms with E-state index in [9.17, 15) is 10.1 Å². The van der Waals surface area contributed by atoms with Crippen LogP contribution in [0.2, 0.25) is 0 Å². The lowest BCUT2D eigenvalue weighted by Gasteiger charge is -2.07. The van der Waals surface area contributed by atoms with Crippen molar-refractivity contribution in [1.82, 2.24) is 0 Å². The van der Waals surface area contributed by atoms with Gasteiger partial charge < -0.3 is 5.32 Å². The minimum atomic E-state index is -0.557. The molecule has 1 N–H and O–H groups in total. The summed E-state index contributed by atoms with van der Waals surface area (Å²) in [6.07, 6.45) is 0. The van der Waals surface area contributed by atoms with E-state index in [1.807, 2.05) is 24.3 Å². The van der Waals surface area contributed by atoms with Crippen molar-refractivity contribution in [2.75, 3.05) is 5.32 Å². The van der Waals surface area contributed by atoms with Gasteiger partial charge in [0.15, 0.2) is 0 Å². The molecule has 0 saturated carbocycles. The molecule has 19 heavy (non-hydrogen) atoms. The molecule has 0 aliphatic heterocycles. The summed E-state index contributed by atoms with van der Waals surface area (Å²) in [5.74, 6) is 0. The number of nitro benzene ring substituents is 1. The van der Waals surface area contributed by atoms with Crippen molar-refractivity contribution in [3.63, 3.8) is 0 Å². The Morgan fingerprint density at radius 3 is 2.58 bits per heavy atom. The quantitative estimate of drug-likeness (QED) is 0.510. The van der Waals surface area contributed by atoms with Crippen molar-refractivity contribution >= 4 is 39.7 Å². The number of benzene rings is 2. The molecule has 0 heterocycles. The van der Waals surface area contributed by atoms with Gasteiger partial charge in [-0.1, -0.05) is 6.07 Å². The number of nitro groups is 1. The first-order valence-electron chi connectivity index (χ1n) is 5.31. The van der Waals surface area contributed by atoms with Gasteiger partial charge in [-0.25, -0.2) is 0 Å². The second kappa shape index (κ2) is 5.67. The Balaban J connectivity index is 2.34. The Bertz CT molecular complexity index is 680. The molecule has 0 radical (unpaired) electrons. The van der Waals surface area contributed by atoms with Crippen LogP contribution in [0.25, 0.3) is 0 Å². The summed E-state index contributed by atoms with van der Waals surface area (Å²) in [6.45, 7) is 0. The molecule has 0 bridgehead atoms. The van der Waals surface area contributed by atoms with E-state index in [1.54, 1.807) is 12.1 Å². The third kappa shape index (κ3) is 3.20. The molecular formula is C13H8IN3O2. The van der Waals surface area contributed by atoms with E-state index in [0.29, 0.717) is 5.69 Å². The van der Waals surface area contributed by atoms with Crippen molar-refractivity contribution in [3.8, 4) is 6.07 Å². The molecule has 0 aromatic heterocycles. The lowest BCUT2D eigenvalue weighted by molar-refractivity contribution is -0.385. The van der Waals surface area contributed by atoms with Crippen LogP contribution in [0.15, 0.2) is 42.5 Å². The molecular weight excluding hydrogens is 357 g/mol. The Morgan fingerprint density at radius 2 is 1.95 bits per heavy atom. The lowest BCUT2D eigenvalue weighted by Crippen LogP contribution is -1.96.